The van der Waals surface area contributed by atoms with E-state index >= 15 is 0 Å². The molecule has 0 unspecified atom stereocenters. The van der Waals surface area contributed by atoms with Crippen LogP contribution in [0.1, 0.15) is 17.4 Å². The number of pyridine rings is 1. The molecule has 0 radical (unpaired) electrons. The van der Waals surface area contributed by atoms with Crippen molar-refractivity contribution in [3.05, 3.63) is 59.1 Å². The third kappa shape index (κ3) is 4.00. The molecule has 0 saturated heterocycles. The highest BCUT2D eigenvalue weighted by atomic mass is 32.1. The number of hydrogen-bond acceptors (Lipinski definition) is 7. The van der Waals surface area contributed by atoms with Gasteiger partial charge in [0.05, 0.1) is 19.6 Å². The number of aryl methyl sites for hydroxylation is 1. The molecule has 148 valence electrons. The molecule has 0 amide bonds. The Morgan fingerprint density at radius 3 is 2.59 bits per heavy atom. The van der Waals surface area contributed by atoms with Gasteiger partial charge in [0.2, 0.25) is 0 Å². The highest BCUT2D eigenvalue weighted by Gasteiger charge is 2.14. The van der Waals surface area contributed by atoms with E-state index in [0.29, 0.717) is 23.9 Å². The molecule has 4 aromatic rings. The zero-order valence-electron chi connectivity index (χ0n) is 16.6. The first kappa shape index (κ1) is 19.1. The van der Waals surface area contributed by atoms with E-state index in [2.05, 4.69) is 23.3 Å². The Kier molecular flexibility index (Phi) is 5.57. The van der Waals surface area contributed by atoms with Crippen molar-refractivity contribution in [1.82, 2.24) is 15.0 Å². The molecular weight excluding hydrogens is 384 g/mol. The summed E-state index contributed by atoms with van der Waals surface area (Å²) in [5.41, 5.74) is 1.83. The first-order valence-corrected chi connectivity index (χ1v) is 10.2. The summed E-state index contributed by atoms with van der Waals surface area (Å²) in [5, 5.41) is 4.51. The summed E-state index contributed by atoms with van der Waals surface area (Å²) < 4.78 is 10.7. The van der Waals surface area contributed by atoms with Gasteiger partial charge < -0.3 is 14.8 Å². The van der Waals surface area contributed by atoms with Crippen LogP contribution in [0.5, 0.6) is 11.5 Å². The predicted molar refractivity (Wildman–Crippen MR) is 117 cm³/mol. The summed E-state index contributed by atoms with van der Waals surface area (Å²) >= 11 is 1.70. The van der Waals surface area contributed by atoms with Crippen LogP contribution in [0.4, 0.5) is 5.82 Å². The van der Waals surface area contributed by atoms with E-state index in [1.807, 2.05) is 36.4 Å². The minimum absolute atomic E-state index is 0.603. The normalized spacial score (nSPS) is 10.9. The van der Waals surface area contributed by atoms with Crippen molar-refractivity contribution in [3.63, 3.8) is 0 Å². The number of methoxy groups -OCH3 is 2. The summed E-state index contributed by atoms with van der Waals surface area (Å²) in [6, 6.07) is 13.8. The summed E-state index contributed by atoms with van der Waals surface area (Å²) in [6.07, 6.45) is 2.72. The maximum absolute atomic E-state index is 5.41. The lowest BCUT2D eigenvalue weighted by Crippen LogP contribution is -2.04. The molecular formula is C22H22N4O2S. The van der Waals surface area contributed by atoms with E-state index in [-0.39, 0.29) is 0 Å². The van der Waals surface area contributed by atoms with Gasteiger partial charge in [0.15, 0.2) is 17.3 Å². The van der Waals surface area contributed by atoms with Crippen LogP contribution in [0.3, 0.4) is 0 Å². The van der Waals surface area contributed by atoms with Gasteiger partial charge in [-0.25, -0.2) is 9.97 Å². The predicted octanol–water partition coefficient (Wildman–Crippen LogP) is 4.95. The Morgan fingerprint density at radius 2 is 1.86 bits per heavy atom. The molecule has 3 aromatic heterocycles. The SMILES string of the molecule is CCc1cc2c(NCc3ccc(OC)c(OC)c3)nc(-c3ccccn3)nc2s1. The van der Waals surface area contributed by atoms with Crippen LogP contribution in [-0.4, -0.2) is 29.2 Å². The van der Waals surface area contributed by atoms with E-state index in [1.165, 1.54) is 4.88 Å². The first-order chi connectivity index (χ1) is 14.2. The van der Waals surface area contributed by atoms with Gasteiger partial charge >= 0.3 is 0 Å². The van der Waals surface area contributed by atoms with Gasteiger partial charge in [-0.1, -0.05) is 19.1 Å². The molecule has 0 atom stereocenters. The number of aromatic nitrogens is 3. The van der Waals surface area contributed by atoms with E-state index in [1.54, 1.807) is 31.8 Å². The maximum atomic E-state index is 5.41. The van der Waals surface area contributed by atoms with Gasteiger partial charge in [-0.2, -0.15) is 0 Å². The van der Waals surface area contributed by atoms with Gasteiger partial charge in [-0.3, -0.25) is 4.98 Å². The first-order valence-electron chi connectivity index (χ1n) is 9.38. The van der Waals surface area contributed by atoms with Gasteiger partial charge in [-0.05, 0) is 42.3 Å². The summed E-state index contributed by atoms with van der Waals surface area (Å²) in [6.45, 7) is 2.75. The van der Waals surface area contributed by atoms with Crippen molar-refractivity contribution in [2.24, 2.45) is 0 Å². The number of ether oxygens (including phenoxy) is 2. The summed E-state index contributed by atoms with van der Waals surface area (Å²) in [4.78, 5) is 16.2. The van der Waals surface area contributed by atoms with Crippen LogP contribution in [-0.2, 0) is 13.0 Å². The number of nitrogens with zero attached hydrogens (tertiary/aromatic N) is 3. The molecule has 0 aliphatic carbocycles. The Balaban J connectivity index is 1.69. The van der Waals surface area contributed by atoms with Crippen LogP contribution in [0, 0.1) is 0 Å². The van der Waals surface area contributed by atoms with Crippen LogP contribution < -0.4 is 14.8 Å². The van der Waals surface area contributed by atoms with Gasteiger partial charge in [0.25, 0.3) is 0 Å². The van der Waals surface area contributed by atoms with Gasteiger partial charge in [-0.15, -0.1) is 11.3 Å². The molecule has 7 heteroatoms. The number of hydrogen-bond donors (Lipinski definition) is 1. The number of thiophene rings is 1. The van der Waals surface area contributed by atoms with Crippen LogP contribution in [0.2, 0.25) is 0 Å². The van der Waals surface area contributed by atoms with Crippen LogP contribution in [0.25, 0.3) is 21.7 Å². The molecule has 4 rings (SSSR count). The number of rotatable bonds is 7. The second kappa shape index (κ2) is 8.45. The van der Waals surface area contributed by atoms with Crippen molar-refractivity contribution in [1.29, 1.82) is 0 Å². The molecule has 0 bridgehead atoms. The number of anilines is 1. The fourth-order valence-corrected chi connectivity index (χ4v) is 4.03. The quantitative estimate of drug-likeness (QED) is 0.469. The molecule has 6 nitrogen and oxygen atoms in total. The third-order valence-electron chi connectivity index (χ3n) is 4.59. The summed E-state index contributed by atoms with van der Waals surface area (Å²) in [5.74, 6) is 2.85. The second-order valence-electron chi connectivity index (χ2n) is 6.44. The minimum atomic E-state index is 0.603. The molecule has 0 aliphatic rings. The Hall–Kier alpha value is -3.19. The number of fused-ring (bicyclic) bond motifs is 1. The highest BCUT2D eigenvalue weighted by Crippen LogP contribution is 2.32. The standard InChI is InChI=1S/C22H22N4O2S/c1-4-15-12-16-20(24-13-14-8-9-18(27-2)19(11-14)28-3)25-21(26-22(16)29-15)17-7-5-6-10-23-17/h5-12H,4,13H2,1-3H3,(H,24,25,26). The Labute approximate surface area is 173 Å². The van der Waals surface area contributed by atoms with E-state index in [4.69, 9.17) is 19.4 Å². The molecule has 0 fully saturated rings. The third-order valence-corrected chi connectivity index (χ3v) is 5.77. The number of nitrogens with one attached hydrogen (secondary N) is 1. The van der Waals surface area contributed by atoms with Crippen molar-refractivity contribution in [2.75, 3.05) is 19.5 Å². The molecule has 1 N–H and O–H groups in total. The van der Waals surface area contributed by atoms with Crippen LogP contribution >= 0.6 is 11.3 Å². The molecule has 1 aromatic carbocycles. The van der Waals surface area contributed by atoms with Crippen molar-refractivity contribution < 1.29 is 9.47 Å². The molecule has 0 aliphatic heterocycles. The second-order valence-corrected chi connectivity index (χ2v) is 7.55. The zero-order chi connectivity index (χ0) is 20.2. The highest BCUT2D eigenvalue weighted by molar-refractivity contribution is 7.18. The van der Waals surface area contributed by atoms with Crippen molar-refractivity contribution in [3.8, 4) is 23.0 Å². The topological polar surface area (TPSA) is 69.2 Å². The Bertz CT molecular complexity index is 1130. The monoisotopic (exact) mass is 406 g/mol. The van der Waals surface area contributed by atoms with E-state index < -0.39 is 0 Å². The van der Waals surface area contributed by atoms with Crippen LogP contribution in [0.15, 0.2) is 48.7 Å². The molecule has 0 spiro atoms. The summed E-state index contributed by atoms with van der Waals surface area (Å²) in [7, 11) is 3.27. The lowest BCUT2D eigenvalue weighted by atomic mass is 10.2. The fraction of sp³-hybridized carbons (Fsp3) is 0.227. The zero-order valence-corrected chi connectivity index (χ0v) is 17.4. The fourth-order valence-electron chi connectivity index (χ4n) is 3.07. The largest absolute Gasteiger partial charge is 0.493 e. The average molecular weight is 407 g/mol. The lowest BCUT2D eigenvalue weighted by Gasteiger charge is -2.12. The Morgan fingerprint density at radius 1 is 1.00 bits per heavy atom. The van der Waals surface area contributed by atoms with Gasteiger partial charge in [0.1, 0.15) is 16.3 Å². The smallest absolute Gasteiger partial charge is 0.181 e. The number of benzene rings is 1. The average Bonchev–Trinajstić information content (AvgIpc) is 3.21. The maximum Gasteiger partial charge on any atom is 0.181 e. The molecule has 29 heavy (non-hydrogen) atoms. The van der Waals surface area contributed by atoms with E-state index in [0.717, 1.165) is 33.7 Å². The van der Waals surface area contributed by atoms with E-state index in [9.17, 15) is 0 Å². The minimum Gasteiger partial charge on any atom is -0.493 e. The van der Waals surface area contributed by atoms with Crippen molar-refractivity contribution in [2.45, 2.75) is 19.9 Å². The molecule has 3 heterocycles. The van der Waals surface area contributed by atoms with Gasteiger partial charge in [0, 0.05) is 17.6 Å². The van der Waals surface area contributed by atoms with Crippen molar-refractivity contribution >= 4 is 27.4 Å². The lowest BCUT2D eigenvalue weighted by molar-refractivity contribution is 0.354. The molecule has 0 saturated carbocycles.